The fourth-order valence-corrected chi connectivity index (χ4v) is 1.18. The summed E-state index contributed by atoms with van der Waals surface area (Å²) in [7, 11) is 1.20. The van der Waals surface area contributed by atoms with Crippen molar-refractivity contribution >= 4 is 11.6 Å². The van der Waals surface area contributed by atoms with Gasteiger partial charge < -0.3 is 4.74 Å². The summed E-state index contributed by atoms with van der Waals surface area (Å²) in [6.45, 7) is 0. The SMILES string of the molecule is COc1nc(CCl)c(C(F)F)cc1F. The lowest BCUT2D eigenvalue weighted by molar-refractivity contribution is 0.149. The van der Waals surface area contributed by atoms with E-state index in [-0.39, 0.29) is 17.5 Å². The standard InChI is InChI=1S/C8H7ClF3NO/c1-14-8-5(10)2-4(7(11)12)6(3-9)13-8/h2,7H,3H2,1H3. The molecular formula is C8H7ClF3NO. The Balaban J connectivity index is 3.24. The van der Waals surface area contributed by atoms with Gasteiger partial charge in [-0.15, -0.1) is 11.6 Å². The van der Waals surface area contributed by atoms with Gasteiger partial charge >= 0.3 is 0 Å². The Morgan fingerprint density at radius 1 is 1.57 bits per heavy atom. The highest BCUT2D eigenvalue weighted by Gasteiger charge is 2.18. The molecule has 0 aliphatic carbocycles. The first-order valence-corrected chi connectivity index (χ1v) is 4.21. The van der Waals surface area contributed by atoms with Crippen LogP contribution in [0.25, 0.3) is 0 Å². The van der Waals surface area contributed by atoms with Crippen LogP contribution >= 0.6 is 11.6 Å². The lowest BCUT2D eigenvalue weighted by atomic mass is 10.2. The van der Waals surface area contributed by atoms with E-state index in [0.717, 1.165) is 0 Å². The Morgan fingerprint density at radius 3 is 2.64 bits per heavy atom. The van der Waals surface area contributed by atoms with Crippen molar-refractivity contribution in [1.82, 2.24) is 4.98 Å². The summed E-state index contributed by atoms with van der Waals surface area (Å²) in [5.41, 5.74) is -0.571. The number of nitrogens with zero attached hydrogens (tertiary/aromatic N) is 1. The second-order valence-electron chi connectivity index (χ2n) is 2.45. The largest absolute Gasteiger partial charge is 0.479 e. The van der Waals surface area contributed by atoms with E-state index in [2.05, 4.69) is 9.72 Å². The third-order valence-corrected chi connectivity index (χ3v) is 1.86. The fourth-order valence-electron chi connectivity index (χ4n) is 0.961. The van der Waals surface area contributed by atoms with Crippen molar-refractivity contribution in [2.75, 3.05) is 7.11 Å². The molecule has 0 unspecified atom stereocenters. The Labute approximate surface area is 83.7 Å². The molecular weight excluding hydrogens is 219 g/mol. The molecule has 1 aromatic rings. The lowest BCUT2D eigenvalue weighted by Gasteiger charge is -2.08. The van der Waals surface area contributed by atoms with Crippen LogP contribution in [0.5, 0.6) is 5.88 Å². The summed E-state index contributed by atoms with van der Waals surface area (Å²) < 4.78 is 42.1. The molecule has 0 spiro atoms. The smallest absolute Gasteiger partial charge is 0.265 e. The summed E-state index contributed by atoms with van der Waals surface area (Å²) in [5, 5.41) is 0. The van der Waals surface area contributed by atoms with E-state index < -0.39 is 17.8 Å². The molecule has 0 aliphatic rings. The van der Waals surface area contributed by atoms with E-state index in [1.807, 2.05) is 0 Å². The molecule has 0 fully saturated rings. The molecule has 0 bridgehead atoms. The maximum Gasteiger partial charge on any atom is 0.265 e. The number of pyridine rings is 1. The van der Waals surface area contributed by atoms with Crippen LogP contribution in [0.15, 0.2) is 6.07 Å². The van der Waals surface area contributed by atoms with Crippen LogP contribution in [-0.4, -0.2) is 12.1 Å². The van der Waals surface area contributed by atoms with Gasteiger partial charge in [-0.3, -0.25) is 0 Å². The van der Waals surface area contributed by atoms with Crippen molar-refractivity contribution in [3.8, 4) is 5.88 Å². The molecule has 0 saturated heterocycles. The first-order chi connectivity index (χ1) is 6.60. The van der Waals surface area contributed by atoms with Gasteiger partial charge in [0, 0.05) is 5.56 Å². The lowest BCUT2D eigenvalue weighted by Crippen LogP contribution is -2.01. The van der Waals surface area contributed by atoms with Gasteiger partial charge in [-0.05, 0) is 6.07 Å². The Kier molecular flexibility index (Phi) is 3.57. The van der Waals surface area contributed by atoms with Crippen LogP contribution in [0.3, 0.4) is 0 Å². The average Bonchev–Trinajstić information content (AvgIpc) is 2.17. The minimum absolute atomic E-state index is 0.0695. The molecule has 0 aliphatic heterocycles. The number of ether oxygens (including phenoxy) is 1. The normalized spacial score (nSPS) is 10.7. The molecule has 1 aromatic heterocycles. The highest BCUT2D eigenvalue weighted by molar-refractivity contribution is 6.17. The molecule has 1 rings (SSSR count). The quantitative estimate of drug-likeness (QED) is 0.738. The fraction of sp³-hybridized carbons (Fsp3) is 0.375. The zero-order valence-corrected chi connectivity index (χ0v) is 7.99. The average molecular weight is 226 g/mol. The molecule has 0 amide bonds. The Hall–Kier alpha value is -0.970. The zero-order chi connectivity index (χ0) is 10.7. The van der Waals surface area contributed by atoms with Gasteiger partial charge in [-0.1, -0.05) is 0 Å². The van der Waals surface area contributed by atoms with Gasteiger partial charge in [-0.25, -0.2) is 18.2 Å². The van der Waals surface area contributed by atoms with Gasteiger partial charge in [-0.2, -0.15) is 0 Å². The summed E-state index contributed by atoms with van der Waals surface area (Å²) >= 11 is 5.38. The van der Waals surface area contributed by atoms with Crippen molar-refractivity contribution in [3.63, 3.8) is 0 Å². The van der Waals surface area contributed by atoms with Crippen LogP contribution in [0.4, 0.5) is 13.2 Å². The van der Waals surface area contributed by atoms with Crippen LogP contribution < -0.4 is 4.74 Å². The zero-order valence-electron chi connectivity index (χ0n) is 7.23. The van der Waals surface area contributed by atoms with Crippen molar-refractivity contribution in [1.29, 1.82) is 0 Å². The van der Waals surface area contributed by atoms with E-state index in [0.29, 0.717) is 6.07 Å². The first kappa shape index (κ1) is 11.1. The van der Waals surface area contributed by atoms with E-state index in [1.54, 1.807) is 0 Å². The van der Waals surface area contributed by atoms with E-state index in [1.165, 1.54) is 7.11 Å². The summed E-state index contributed by atoms with van der Waals surface area (Å²) in [6, 6.07) is 0.689. The highest BCUT2D eigenvalue weighted by Crippen LogP contribution is 2.27. The van der Waals surface area contributed by atoms with Crippen LogP contribution in [0.1, 0.15) is 17.7 Å². The van der Waals surface area contributed by atoms with E-state index in [4.69, 9.17) is 11.6 Å². The van der Waals surface area contributed by atoms with Gasteiger partial charge in [0.2, 0.25) is 5.88 Å². The second kappa shape index (κ2) is 4.50. The van der Waals surface area contributed by atoms with Crippen molar-refractivity contribution in [2.45, 2.75) is 12.3 Å². The summed E-state index contributed by atoms with van der Waals surface area (Å²) in [4.78, 5) is 3.52. The summed E-state index contributed by atoms with van der Waals surface area (Å²) in [5.74, 6) is -1.46. The maximum absolute atomic E-state index is 13.0. The molecule has 2 nitrogen and oxygen atoms in total. The summed E-state index contributed by atoms with van der Waals surface area (Å²) in [6.07, 6.45) is -2.79. The van der Waals surface area contributed by atoms with E-state index >= 15 is 0 Å². The molecule has 78 valence electrons. The predicted molar refractivity (Wildman–Crippen MR) is 45.3 cm³/mol. The van der Waals surface area contributed by atoms with Crippen molar-refractivity contribution < 1.29 is 17.9 Å². The third kappa shape index (κ3) is 2.09. The molecule has 6 heteroatoms. The van der Waals surface area contributed by atoms with Gasteiger partial charge in [0.05, 0.1) is 18.7 Å². The van der Waals surface area contributed by atoms with Crippen molar-refractivity contribution in [2.24, 2.45) is 0 Å². The predicted octanol–water partition coefficient (Wildman–Crippen LogP) is 2.91. The molecule has 0 aromatic carbocycles. The van der Waals surface area contributed by atoms with Gasteiger partial charge in [0.25, 0.3) is 6.43 Å². The van der Waals surface area contributed by atoms with E-state index in [9.17, 15) is 13.2 Å². The Bertz CT molecular complexity index is 333. The monoisotopic (exact) mass is 225 g/mol. The number of methoxy groups -OCH3 is 1. The second-order valence-corrected chi connectivity index (χ2v) is 2.72. The minimum atomic E-state index is -2.79. The topological polar surface area (TPSA) is 22.1 Å². The molecule has 1 heterocycles. The van der Waals surface area contributed by atoms with Crippen LogP contribution in [0, 0.1) is 5.82 Å². The van der Waals surface area contributed by atoms with Gasteiger partial charge in [0.15, 0.2) is 5.82 Å². The molecule has 0 N–H and O–H groups in total. The number of hydrogen-bond acceptors (Lipinski definition) is 2. The van der Waals surface area contributed by atoms with Gasteiger partial charge in [0.1, 0.15) is 0 Å². The van der Waals surface area contributed by atoms with Crippen LogP contribution in [-0.2, 0) is 5.88 Å². The maximum atomic E-state index is 13.0. The number of rotatable bonds is 3. The first-order valence-electron chi connectivity index (χ1n) is 3.67. The van der Waals surface area contributed by atoms with Crippen molar-refractivity contribution in [3.05, 3.63) is 23.1 Å². The van der Waals surface area contributed by atoms with Crippen LogP contribution in [0.2, 0.25) is 0 Å². The number of alkyl halides is 3. The Morgan fingerprint density at radius 2 is 2.21 bits per heavy atom. The number of halogens is 4. The number of aromatic nitrogens is 1. The minimum Gasteiger partial charge on any atom is -0.479 e. The molecule has 0 atom stereocenters. The third-order valence-electron chi connectivity index (χ3n) is 1.61. The number of hydrogen-bond donors (Lipinski definition) is 0. The highest BCUT2D eigenvalue weighted by atomic mass is 35.5. The molecule has 0 radical (unpaired) electrons. The molecule has 0 saturated carbocycles. The molecule has 14 heavy (non-hydrogen) atoms.